The van der Waals surface area contributed by atoms with Gasteiger partial charge in [0.2, 0.25) is 0 Å². The molecule has 3 fully saturated rings. The van der Waals surface area contributed by atoms with Crippen LogP contribution in [-0.2, 0) is 6.42 Å². The zero-order chi connectivity index (χ0) is 26.2. The molecule has 2 unspecified atom stereocenters. The van der Waals surface area contributed by atoms with Crippen molar-refractivity contribution in [2.45, 2.75) is 123 Å². The zero-order valence-electron chi connectivity index (χ0n) is 23.8. The van der Waals surface area contributed by atoms with Gasteiger partial charge in [0.1, 0.15) is 0 Å². The first-order valence-corrected chi connectivity index (χ1v) is 15.4. The van der Waals surface area contributed by atoms with Gasteiger partial charge in [-0.15, -0.1) is 0 Å². The Hall–Kier alpha value is -1.49. The van der Waals surface area contributed by atoms with Gasteiger partial charge in [-0.25, -0.2) is 4.98 Å². The van der Waals surface area contributed by atoms with E-state index in [0.717, 1.165) is 54.5 Å². The van der Waals surface area contributed by atoms with Gasteiger partial charge in [0.25, 0.3) is 0 Å². The third-order valence-electron chi connectivity index (χ3n) is 12.0. The summed E-state index contributed by atoms with van der Waals surface area (Å²) in [4.78, 5) is 18.6. The number of hydrogen-bond donors (Lipinski definition) is 2. The molecule has 37 heavy (non-hydrogen) atoms. The normalized spacial score (nSPS) is 39.6. The van der Waals surface area contributed by atoms with Crippen LogP contribution in [0.2, 0.25) is 0 Å². The third kappa shape index (κ3) is 5.23. The molecule has 1 aromatic heterocycles. The first-order chi connectivity index (χ1) is 17.7. The molecule has 206 valence electrons. The lowest BCUT2D eigenvalue weighted by atomic mass is 9.47. The van der Waals surface area contributed by atoms with Crippen LogP contribution < -0.4 is 0 Å². The van der Waals surface area contributed by atoms with Gasteiger partial charge in [0.05, 0.1) is 18.5 Å². The summed E-state index contributed by atoms with van der Waals surface area (Å²) in [5.41, 5.74) is 3.43. The second kappa shape index (κ2) is 10.9. The summed E-state index contributed by atoms with van der Waals surface area (Å²) in [6.45, 7) is 10.0. The van der Waals surface area contributed by atoms with Crippen molar-refractivity contribution in [3.63, 3.8) is 0 Å². The molecule has 10 atom stereocenters. The van der Waals surface area contributed by atoms with Gasteiger partial charge in [-0.3, -0.25) is 0 Å². The average molecular weight is 510 g/mol. The number of fused-ring (bicyclic) bond motifs is 5. The number of H-pyrrole nitrogens is 1. The topological polar surface area (TPSA) is 78.3 Å². The molecule has 0 aromatic carbocycles. The molecule has 1 aromatic rings. The van der Waals surface area contributed by atoms with Crippen molar-refractivity contribution in [1.82, 2.24) is 9.97 Å². The fraction of sp³-hybridized carbons (Fsp3) is 0.844. The Morgan fingerprint density at radius 1 is 1.14 bits per heavy atom. The Labute approximate surface area is 224 Å². The Bertz CT molecular complexity index is 944. The number of aromatic nitrogens is 2. The first-order valence-electron chi connectivity index (χ1n) is 15.4. The minimum absolute atomic E-state index is 0.110. The van der Waals surface area contributed by atoms with Crippen LogP contribution in [0.5, 0.6) is 0 Å². The molecule has 5 rings (SSSR count). The fourth-order valence-electron chi connectivity index (χ4n) is 10.0. The van der Waals surface area contributed by atoms with E-state index in [1.165, 1.54) is 57.8 Å². The molecule has 2 N–H and O–H groups in total. The summed E-state index contributed by atoms with van der Waals surface area (Å²) in [7, 11) is 0. The molecule has 5 nitrogen and oxygen atoms in total. The van der Waals surface area contributed by atoms with Crippen LogP contribution >= 0.6 is 0 Å². The van der Waals surface area contributed by atoms with Gasteiger partial charge < -0.3 is 10.1 Å². The number of aromatic amines is 1. The molecule has 0 amide bonds. The lowest BCUT2D eigenvalue weighted by Crippen LogP contribution is -2.50. The molecule has 5 heteroatoms. The number of aliphatic hydroxyl groups is 1. The summed E-state index contributed by atoms with van der Waals surface area (Å²) >= 11 is 0. The van der Waals surface area contributed by atoms with E-state index in [4.69, 9.17) is 0 Å². The number of rotatable bonds is 10. The van der Waals surface area contributed by atoms with Crippen molar-refractivity contribution in [1.29, 1.82) is 0 Å². The Kier molecular flexibility index (Phi) is 8.01. The van der Waals surface area contributed by atoms with Crippen molar-refractivity contribution in [2.24, 2.45) is 51.5 Å². The molecule has 1 heterocycles. The van der Waals surface area contributed by atoms with Crippen molar-refractivity contribution in [2.75, 3.05) is 0 Å². The van der Waals surface area contributed by atoms with E-state index in [1.54, 1.807) is 18.1 Å². The summed E-state index contributed by atoms with van der Waals surface area (Å²) in [6.07, 6.45) is 21.2. The minimum Gasteiger partial charge on any atom is -0.393 e. The SMILES string of the molecule is CC(CCC[C@@H](C)[C@H]1CC[C@H]2[C@@H]3CC=C4C[C@@H](O)CC[C@]4(C)[C@H]3CC[C@]12C)CC(Cc1cnc[nH]1)N=O. The van der Waals surface area contributed by atoms with Crippen molar-refractivity contribution < 1.29 is 5.11 Å². The molecule has 3 saturated carbocycles. The van der Waals surface area contributed by atoms with Crippen LogP contribution in [0.4, 0.5) is 0 Å². The second-order valence-corrected chi connectivity index (χ2v) is 14.2. The molecule has 0 bridgehead atoms. The Morgan fingerprint density at radius 2 is 1.97 bits per heavy atom. The van der Waals surface area contributed by atoms with E-state index in [1.807, 2.05) is 0 Å². The van der Waals surface area contributed by atoms with Crippen LogP contribution in [0.3, 0.4) is 0 Å². The summed E-state index contributed by atoms with van der Waals surface area (Å²) in [5.74, 6) is 4.71. The van der Waals surface area contributed by atoms with E-state index in [9.17, 15) is 10.0 Å². The number of nitrogens with one attached hydrogen (secondary N) is 1. The first kappa shape index (κ1) is 27.1. The lowest BCUT2D eigenvalue weighted by molar-refractivity contribution is -0.0573. The molecule has 4 aliphatic rings. The smallest absolute Gasteiger partial charge is 0.0977 e. The van der Waals surface area contributed by atoms with Crippen LogP contribution in [0.25, 0.3) is 0 Å². The number of nitroso groups, excluding NO2 is 1. The highest BCUT2D eigenvalue weighted by Gasteiger charge is 2.59. The molecule has 0 saturated heterocycles. The quantitative estimate of drug-likeness (QED) is 0.249. The van der Waals surface area contributed by atoms with Gasteiger partial charge in [-0.05, 0) is 104 Å². The molecule has 0 aliphatic heterocycles. The predicted molar refractivity (Wildman–Crippen MR) is 150 cm³/mol. The van der Waals surface area contributed by atoms with E-state index in [-0.39, 0.29) is 12.1 Å². The Morgan fingerprint density at radius 3 is 2.73 bits per heavy atom. The highest BCUT2D eigenvalue weighted by molar-refractivity contribution is 5.25. The summed E-state index contributed by atoms with van der Waals surface area (Å²) in [6, 6.07) is -0.156. The highest BCUT2D eigenvalue weighted by atomic mass is 16.3. The number of nitrogens with zero attached hydrogens (tertiary/aromatic N) is 2. The maximum atomic E-state index is 11.4. The molecular weight excluding hydrogens is 458 g/mol. The summed E-state index contributed by atoms with van der Waals surface area (Å²) in [5, 5.41) is 13.7. The van der Waals surface area contributed by atoms with E-state index < -0.39 is 0 Å². The lowest BCUT2D eigenvalue weighted by Gasteiger charge is -2.58. The van der Waals surface area contributed by atoms with Crippen LogP contribution in [0.1, 0.15) is 110 Å². The maximum Gasteiger partial charge on any atom is 0.0977 e. The minimum atomic E-state index is -0.156. The average Bonchev–Trinajstić information content (AvgIpc) is 3.51. The van der Waals surface area contributed by atoms with Crippen LogP contribution in [0, 0.1) is 51.2 Å². The van der Waals surface area contributed by atoms with Crippen molar-refractivity contribution >= 4 is 0 Å². The standard InChI is InChI=1S/C32H51N3O2/c1-21(16-24(35-37)18-25-19-33-20-34-25)6-5-7-22(2)28-10-11-29-27-9-8-23-17-26(36)12-14-31(23,3)30(27)13-15-32(28,29)4/h8,19-22,24,26-30,36H,5-7,9-18H2,1-4H3,(H,33,34)/t21?,22-,24?,26+,27+,28-,29+,30+,31+,32-/m1/s1. The number of imidazole rings is 1. The van der Waals surface area contributed by atoms with E-state index in [2.05, 4.69) is 48.9 Å². The maximum absolute atomic E-state index is 11.4. The zero-order valence-corrected chi connectivity index (χ0v) is 23.8. The fourth-order valence-corrected chi connectivity index (χ4v) is 10.0. The van der Waals surface area contributed by atoms with Crippen molar-refractivity contribution in [3.05, 3.63) is 34.8 Å². The predicted octanol–water partition coefficient (Wildman–Crippen LogP) is 7.86. The van der Waals surface area contributed by atoms with Gasteiger partial charge in [0, 0.05) is 18.3 Å². The van der Waals surface area contributed by atoms with Gasteiger partial charge in [0.15, 0.2) is 0 Å². The van der Waals surface area contributed by atoms with E-state index in [0.29, 0.717) is 23.2 Å². The number of hydrogen-bond acceptors (Lipinski definition) is 4. The van der Waals surface area contributed by atoms with Gasteiger partial charge in [-0.1, -0.05) is 63.8 Å². The van der Waals surface area contributed by atoms with Crippen LogP contribution in [0.15, 0.2) is 29.4 Å². The molecular formula is C32H51N3O2. The second-order valence-electron chi connectivity index (χ2n) is 14.2. The number of aliphatic hydroxyl groups excluding tert-OH is 1. The largest absolute Gasteiger partial charge is 0.393 e. The van der Waals surface area contributed by atoms with Gasteiger partial charge in [-0.2, -0.15) is 4.91 Å². The van der Waals surface area contributed by atoms with Gasteiger partial charge >= 0.3 is 0 Å². The van der Waals surface area contributed by atoms with Crippen LogP contribution in [-0.4, -0.2) is 27.2 Å². The number of allylic oxidation sites excluding steroid dienone is 1. The molecule has 4 aliphatic carbocycles. The third-order valence-corrected chi connectivity index (χ3v) is 12.0. The monoisotopic (exact) mass is 509 g/mol. The Balaban J connectivity index is 1.14. The molecule has 0 spiro atoms. The van der Waals surface area contributed by atoms with Crippen molar-refractivity contribution in [3.8, 4) is 0 Å². The van der Waals surface area contributed by atoms with E-state index >= 15 is 0 Å². The summed E-state index contributed by atoms with van der Waals surface area (Å²) < 4.78 is 0. The molecule has 0 radical (unpaired) electrons. The highest BCUT2D eigenvalue weighted by Crippen LogP contribution is 2.67.